The maximum absolute atomic E-state index is 11.7. The molecule has 0 saturated heterocycles. The van der Waals surface area contributed by atoms with E-state index >= 15 is 0 Å². The van der Waals surface area contributed by atoms with Crippen LogP contribution in [0.4, 0.5) is 0 Å². The van der Waals surface area contributed by atoms with Gasteiger partial charge in [0.2, 0.25) is 5.43 Å². The predicted octanol–water partition coefficient (Wildman–Crippen LogP) is 3.63. The van der Waals surface area contributed by atoms with Crippen LogP contribution in [0.1, 0.15) is 5.56 Å². The van der Waals surface area contributed by atoms with E-state index in [0.717, 1.165) is 10.0 Å². The Hall–Kier alpha value is -0.610. The molecule has 0 saturated carbocycles. The molecule has 0 unspecified atom stereocenters. The van der Waals surface area contributed by atoms with Gasteiger partial charge in [-0.1, -0.05) is 15.9 Å². The second-order valence-corrected chi connectivity index (χ2v) is 4.78. The lowest BCUT2D eigenvalue weighted by Gasteiger charge is -2.01. The topological polar surface area (TPSA) is 30.2 Å². The average molecular weight is 318 g/mol. The van der Waals surface area contributed by atoms with Gasteiger partial charge >= 0.3 is 0 Å². The maximum atomic E-state index is 11.7. The molecule has 0 fully saturated rings. The zero-order valence-corrected chi connectivity index (χ0v) is 10.5. The van der Waals surface area contributed by atoms with Crippen LogP contribution < -0.4 is 5.43 Å². The van der Waals surface area contributed by atoms with Crippen molar-refractivity contribution in [1.82, 2.24) is 0 Å². The molecule has 0 aliphatic rings. The zero-order valence-electron chi connectivity index (χ0n) is 7.30. The van der Waals surface area contributed by atoms with E-state index in [1.54, 1.807) is 6.07 Å². The summed E-state index contributed by atoms with van der Waals surface area (Å²) >= 11 is 6.49. The number of hydrogen-bond acceptors (Lipinski definition) is 2. The van der Waals surface area contributed by atoms with E-state index in [-0.39, 0.29) is 5.43 Å². The minimum Gasteiger partial charge on any atom is -0.463 e. The fourth-order valence-electron chi connectivity index (χ4n) is 1.35. The molecule has 2 rings (SSSR count). The van der Waals surface area contributed by atoms with Crippen LogP contribution in [0.25, 0.3) is 11.0 Å². The van der Waals surface area contributed by atoms with Crippen LogP contribution in [0.2, 0.25) is 0 Å². The van der Waals surface area contributed by atoms with Gasteiger partial charge < -0.3 is 4.42 Å². The summed E-state index contributed by atoms with van der Waals surface area (Å²) in [5, 5.41) is 0.589. The van der Waals surface area contributed by atoms with Crippen LogP contribution in [-0.2, 0) is 0 Å². The largest absolute Gasteiger partial charge is 0.463 e. The Kier molecular flexibility index (Phi) is 2.49. The minimum absolute atomic E-state index is 0.0457. The zero-order chi connectivity index (χ0) is 10.3. The molecule has 2 nitrogen and oxygen atoms in total. The van der Waals surface area contributed by atoms with Gasteiger partial charge in [0.15, 0.2) is 0 Å². The molecule has 0 radical (unpaired) electrons. The van der Waals surface area contributed by atoms with E-state index in [4.69, 9.17) is 4.42 Å². The van der Waals surface area contributed by atoms with E-state index in [1.165, 1.54) is 6.26 Å². The van der Waals surface area contributed by atoms with Gasteiger partial charge in [0, 0.05) is 4.47 Å². The summed E-state index contributed by atoms with van der Waals surface area (Å²) in [6, 6.07) is 3.68. The van der Waals surface area contributed by atoms with Crippen molar-refractivity contribution in [3.05, 3.63) is 43.1 Å². The molecule has 0 N–H and O–H groups in total. The first-order chi connectivity index (χ1) is 6.59. The van der Waals surface area contributed by atoms with Gasteiger partial charge in [0.05, 0.1) is 5.39 Å². The molecule has 4 heteroatoms. The minimum atomic E-state index is -0.0457. The van der Waals surface area contributed by atoms with Gasteiger partial charge in [0.1, 0.15) is 16.3 Å². The summed E-state index contributed by atoms with van der Waals surface area (Å²) in [5.74, 6) is 0. The molecule has 0 aliphatic heterocycles. The third-order valence-electron chi connectivity index (χ3n) is 1.98. The molecule has 1 aromatic carbocycles. The van der Waals surface area contributed by atoms with Crippen LogP contribution in [-0.4, -0.2) is 0 Å². The van der Waals surface area contributed by atoms with Crippen LogP contribution >= 0.6 is 31.9 Å². The van der Waals surface area contributed by atoms with Gasteiger partial charge in [-0.2, -0.15) is 0 Å². The predicted molar refractivity (Wildman–Crippen MR) is 62.6 cm³/mol. The summed E-state index contributed by atoms with van der Waals surface area (Å²) in [5.41, 5.74) is 1.54. The highest BCUT2D eigenvalue weighted by molar-refractivity contribution is 9.10. The number of benzene rings is 1. The number of hydrogen-bond donors (Lipinski definition) is 0. The van der Waals surface area contributed by atoms with Gasteiger partial charge in [-0.15, -0.1) is 0 Å². The Bertz CT molecular complexity index is 558. The van der Waals surface area contributed by atoms with Crippen molar-refractivity contribution in [3.8, 4) is 0 Å². The first kappa shape index (κ1) is 9.93. The molecular weight excluding hydrogens is 312 g/mol. The molecule has 1 aromatic heterocycles. The first-order valence-corrected chi connectivity index (χ1v) is 5.55. The highest BCUT2D eigenvalue weighted by Crippen LogP contribution is 2.22. The first-order valence-electron chi connectivity index (χ1n) is 3.97. The Balaban J connectivity index is 3.03. The lowest BCUT2D eigenvalue weighted by atomic mass is 10.1. The Labute approximate surface area is 97.2 Å². The van der Waals surface area contributed by atoms with Crippen LogP contribution in [0, 0.1) is 6.92 Å². The molecule has 0 bridgehead atoms. The summed E-state index contributed by atoms with van der Waals surface area (Å²) in [7, 11) is 0. The highest BCUT2D eigenvalue weighted by Gasteiger charge is 2.07. The molecular formula is C10H6Br2O2. The molecule has 72 valence electrons. The van der Waals surface area contributed by atoms with Crippen molar-refractivity contribution >= 4 is 42.8 Å². The van der Waals surface area contributed by atoms with E-state index in [2.05, 4.69) is 31.9 Å². The number of fused-ring (bicyclic) bond motifs is 1. The molecule has 0 atom stereocenters. The van der Waals surface area contributed by atoms with Crippen LogP contribution in [0.3, 0.4) is 0 Å². The maximum Gasteiger partial charge on any atom is 0.206 e. The molecule has 14 heavy (non-hydrogen) atoms. The molecule has 0 aliphatic carbocycles. The van der Waals surface area contributed by atoms with Gasteiger partial charge in [0.25, 0.3) is 0 Å². The quantitative estimate of drug-likeness (QED) is 0.742. The smallest absolute Gasteiger partial charge is 0.206 e. The Morgan fingerprint density at radius 3 is 2.71 bits per heavy atom. The molecule has 1 heterocycles. The van der Waals surface area contributed by atoms with Crippen molar-refractivity contribution in [2.45, 2.75) is 6.92 Å². The fraction of sp³-hybridized carbons (Fsp3) is 0.100. The van der Waals surface area contributed by atoms with Crippen LogP contribution in [0.5, 0.6) is 0 Å². The van der Waals surface area contributed by atoms with E-state index in [9.17, 15) is 4.79 Å². The van der Waals surface area contributed by atoms with Gasteiger partial charge in [-0.05, 0) is 40.5 Å². The van der Waals surface area contributed by atoms with Crippen molar-refractivity contribution < 1.29 is 4.42 Å². The monoisotopic (exact) mass is 316 g/mol. The average Bonchev–Trinajstić information content (AvgIpc) is 2.12. The molecule has 2 aromatic rings. The lowest BCUT2D eigenvalue weighted by molar-refractivity contribution is 0.596. The summed E-state index contributed by atoms with van der Waals surface area (Å²) in [4.78, 5) is 11.7. The van der Waals surface area contributed by atoms with Gasteiger partial charge in [-0.25, -0.2) is 0 Å². The Morgan fingerprint density at radius 1 is 1.29 bits per heavy atom. The number of aryl methyl sites for hydroxylation is 1. The molecule has 0 amide bonds. The van der Waals surface area contributed by atoms with Crippen molar-refractivity contribution in [2.75, 3.05) is 0 Å². The number of rotatable bonds is 0. The van der Waals surface area contributed by atoms with Crippen LogP contribution in [0.15, 0.2) is 36.6 Å². The highest BCUT2D eigenvalue weighted by atomic mass is 79.9. The van der Waals surface area contributed by atoms with Crippen molar-refractivity contribution in [2.24, 2.45) is 0 Å². The van der Waals surface area contributed by atoms with Gasteiger partial charge in [-0.3, -0.25) is 4.79 Å². The summed E-state index contributed by atoms with van der Waals surface area (Å²) in [6.07, 6.45) is 1.42. The number of halogens is 2. The van der Waals surface area contributed by atoms with E-state index in [1.807, 2.05) is 13.0 Å². The normalized spacial score (nSPS) is 10.8. The summed E-state index contributed by atoms with van der Waals surface area (Å²) in [6.45, 7) is 1.91. The Morgan fingerprint density at radius 2 is 2.00 bits per heavy atom. The van der Waals surface area contributed by atoms with E-state index in [0.29, 0.717) is 15.4 Å². The SMILES string of the molecule is Cc1cc(Br)cc2c(=O)c(Br)coc12. The third-order valence-corrected chi connectivity index (χ3v) is 2.99. The second kappa shape index (κ2) is 3.51. The lowest BCUT2D eigenvalue weighted by Crippen LogP contribution is -2.02. The van der Waals surface area contributed by atoms with Crippen molar-refractivity contribution in [1.29, 1.82) is 0 Å². The van der Waals surface area contributed by atoms with E-state index < -0.39 is 0 Å². The second-order valence-electron chi connectivity index (χ2n) is 3.01. The molecule has 0 spiro atoms. The standard InChI is InChI=1S/C10H6Br2O2/c1-5-2-6(11)3-7-9(13)8(12)4-14-10(5)7/h2-4H,1H3. The third kappa shape index (κ3) is 1.53. The fourth-order valence-corrected chi connectivity index (χ4v) is 2.23. The van der Waals surface area contributed by atoms with Crippen molar-refractivity contribution in [3.63, 3.8) is 0 Å². The summed E-state index contributed by atoms with van der Waals surface area (Å²) < 4.78 is 6.67.